The molecule has 10 heteroatoms. The second-order valence-corrected chi connectivity index (χ2v) is 11.2. The van der Waals surface area contributed by atoms with Gasteiger partial charge in [-0.1, -0.05) is 23.2 Å². The van der Waals surface area contributed by atoms with E-state index >= 15 is 0 Å². The molecular formula is C27H32Cl2N2O6. The molecule has 8 nitrogen and oxygen atoms in total. The van der Waals surface area contributed by atoms with Gasteiger partial charge in [-0.15, -0.1) is 0 Å². The first-order valence-corrected chi connectivity index (χ1v) is 13.4. The first-order valence-electron chi connectivity index (χ1n) is 12.7. The molecule has 1 amide bonds. The summed E-state index contributed by atoms with van der Waals surface area (Å²) in [5, 5.41) is 31.0. The van der Waals surface area contributed by atoms with E-state index in [1.54, 1.807) is 4.90 Å². The Labute approximate surface area is 226 Å². The topological polar surface area (TPSA) is 103 Å². The number of halogens is 2. The lowest BCUT2D eigenvalue weighted by molar-refractivity contribution is -0.00202. The Balaban J connectivity index is 1.15. The molecule has 0 saturated carbocycles. The maximum Gasteiger partial charge on any atom is 0.257 e. The van der Waals surface area contributed by atoms with Crippen LogP contribution in [0.4, 0.5) is 0 Å². The van der Waals surface area contributed by atoms with Crippen LogP contribution in [0.1, 0.15) is 35.2 Å². The predicted octanol–water partition coefficient (Wildman–Crippen LogP) is 3.36. The molecule has 0 aliphatic carbocycles. The second kappa shape index (κ2) is 10.9. The summed E-state index contributed by atoms with van der Waals surface area (Å²) in [5.74, 6) is 0.656. The van der Waals surface area contributed by atoms with Gasteiger partial charge in [0.25, 0.3) is 5.91 Å². The molecule has 5 rings (SSSR count). The average Bonchev–Trinajstić information content (AvgIpc) is 3.50. The number of hydrogen-bond acceptors (Lipinski definition) is 7. The molecule has 200 valence electrons. The largest absolute Gasteiger partial charge is 0.506 e. The molecular weight excluding hydrogens is 519 g/mol. The minimum atomic E-state index is -0.791. The highest BCUT2D eigenvalue weighted by Crippen LogP contribution is 2.42. The van der Waals surface area contributed by atoms with Crippen LogP contribution >= 0.6 is 23.2 Å². The minimum absolute atomic E-state index is 0.0285. The summed E-state index contributed by atoms with van der Waals surface area (Å²) in [6.45, 7) is 2.96. The highest BCUT2D eigenvalue weighted by atomic mass is 35.5. The number of benzene rings is 2. The molecule has 2 aromatic rings. The maximum atomic E-state index is 13.1. The number of aliphatic hydroxyl groups is 2. The lowest BCUT2D eigenvalue weighted by atomic mass is 9.87. The predicted molar refractivity (Wildman–Crippen MR) is 140 cm³/mol. The molecule has 3 heterocycles. The molecule has 3 aliphatic rings. The smallest absolute Gasteiger partial charge is 0.257 e. The summed E-state index contributed by atoms with van der Waals surface area (Å²) in [6, 6.07) is 8.46. The molecule has 3 N–H and O–H groups in total. The molecule has 2 atom stereocenters. The van der Waals surface area contributed by atoms with Crippen LogP contribution in [0.3, 0.4) is 0 Å². The van der Waals surface area contributed by atoms with Crippen molar-refractivity contribution >= 4 is 29.1 Å². The van der Waals surface area contributed by atoms with Gasteiger partial charge in [-0.05, 0) is 36.2 Å². The summed E-state index contributed by atoms with van der Waals surface area (Å²) < 4.78 is 12.1. The number of amides is 1. The van der Waals surface area contributed by atoms with Crippen molar-refractivity contribution in [2.24, 2.45) is 5.92 Å². The fourth-order valence-corrected chi connectivity index (χ4v) is 5.88. The van der Waals surface area contributed by atoms with Crippen molar-refractivity contribution in [1.82, 2.24) is 9.80 Å². The SMILES string of the molecule is O=C(c1cc(Cl)c(O)cc1OC[C@H](O)CN1CCC2(CC1)Cc1cc(Cl)ccc1O2)N1CC[C@@H](CO)C1. The van der Waals surface area contributed by atoms with E-state index in [4.69, 9.17) is 32.7 Å². The van der Waals surface area contributed by atoms with Crippen LogP contribution in [-0.2, 0) is 6.42 Å². The number of carbonyl (C=O) groups is 1. The Bertz CT molecular complexity index is 1150. The summed E-state index contributed by atoms with van der Waals surface area (Å²) in [6.07, 6.45) is 2.48. The number of aromatic hydroxyl groups is 1. The maximum absolute atomic E-state index is 13.1. The molecule has 2 saturated heterocycles. The lowest BCUT2D eigenvalue weighted by Gasteiger charge is -2.39. The van der Waals surface area contributed by atoms with Crippen molar-refractivity contribution in [3.05, 3.63) is 51.5 Å². The number of fused-ring (bicyclic) bond motifs is 1. The zero-order chi connectivity index (χ0) is 26.2. The van der Waals surface area contributed by atoms with Crippen LogP contribution < -0.4 is 9.47 Å². The zero-order valence-corrected chi connectivity index (χ0v) is 22.0. The van der Waals surface area contributed by atoms with Gasteiger partial charge in [0, 0.05) is 75.6 Å². The van der Waals surface area contributed by atoms with E-state index in [9.17, 15) is 20.1 Å². The highest BCUT2D eigenvalue weighted by molar-refractivity contribution is 6.32. The fourth-order valence-electron chi connectivity index (χ4n) is 5.53. The molecule has 0 radical (unpaired) electrons. The van der Waals surface area contributed by atoms with Crippen molar-refractivity contribution in [3.63, 3.8) is 0 Å². The number of phenolic OH excluding ortho intramolecular Hbond substituents is 1. The lowest BCUT2D eigenvalue weighted by Crippen LogP contribution is -2.49. The molecule has 37 heavy (non-hydrogen) atoms. The Morgan fingerprint density at radius 2 is 1.97 bits per heavy atom. The Kier molecular flexibility index (Phi) is 7.75. The van der Waals surface area contributed by atoms with Crippen LogP contribution in [0.15, 0.2) is 30.3 Å². The fraction of sp³-hybridized carbons (Fsp3) is 0.519. The Morgan fingerprint density at radius 1 is 1.19 bits per heavy atom. The molecule has 0 bridgehead atoms. The van der Waals surface area contributed by atoms with Crippen LogP contribution in [0.25, 0.3) is 0 Å². The highest BCUT2D eigenvalue weighted by Gasteiger charge is 2.42. The van der Waals surface area contributed by atoms with E-state index in [1.165, 1.54) is 12.1 Å². The van der Waals surface area contributed by atoms with E-state index in [1.807, 2.05) is 18.2 Å². The number of piperidine rings is 1. The summed E-state index contributed by atoms with van der Waals surface area (Å²) in [4.78, 5) is 16.9. The van der Waals surface area contributed by atoms with E-state index in [2.05, 4.69) is 4.90 Å². The standard InChI is InChI=1S/C27H32Cl2N2O6/c28-19-1-2-24-18(9-19)12-27(37-24)4-7-30(8-5-27)14-20(33)16-36-25-11-23(34)22(29)10-21(25)26(35)31-6-3-17(13-31)15-32/h1-2,9-11,17,20,32-34H,3-8,12-16H2/t17-,20-/m1/s1. The van der Waals surface area contributed by atoms with Gasteiger partial charge in [-0.2, -0.15) is 0 Å². The normalized spacial score (nSPS) is 21.6. The number of likely N-dealkylation sites (tertiary alicyclic amines) is 2. The zero-order valence-electron chi connectivity index (χ0n) is 20.5. The van der Waals surface area contributed by atoms with Gasteiger partial charge in [-0.25, -0.2) is 0 Å². The number of rotatable bonds is 7. The molecule has 3 aliphatic heterocycles. The van der Waals surface area contributed by atoms with Gasteiger partial charge in [0.1, 0.15) is 35.6 Å². The minimum Gasteiger partial charge on any atom is -0.506 e. The van der Waals surface area contributed by atoms with Gasteiger partial charge < -0.3 is 34.6 Å². The van der Waals surface area contributed by atoms with Crippen molar-refractivity contribution < 1.29 is 29.6 Å². The van der Waals surface area contributed by atoms with Crippen molar-refractivity contribution in [2.75, 3.05) is 45.9 Å². The van der Waals surface area contributed by atoms with E-state index in [-0.39, 0.29) is 52.7 Å². The number of carbonyl (C=O) groups excluding carboxylic acids is 1. The third kappa shape index (κ3) is 5.78. The molecule has 2 fully saturated rings. The number of nitrogens with zero attached hydrogens (tertiary/aromatic N) is 2. The monoisotopic (exact) mass is 550 g/mol. The number of hydrogen-bond donors (Lipinski definition) is 3. The van der Waals surface area contributed by atoms with Crippen LogP contribution in [-0.4, -0.2) is 88.7 Å². The van der Waals surface area contributed by atoms with Crippen molar-refractivity contribution in [1.29, 1.82) is 0 Å². The molecule has 0 unspecified atom stereocenters. The second-order valence-electron chi connectivity index (χ2n) is 10.4. The third-order valence-electron chi connectivity index (χ3n) is 7.64. The number of ether oxygens (including phenoxy) is 2. The quantitative estimate of drug-likeness (QED) is 0.485. The third-order valence-corrected chi connectivity index (χ3v) is 8.18. The van der Waals surface area contributed by atoms with Gasteiger partial charge >= 0.3 is 0 Å². The van der Waals surface area contributed by atoms with Gasteiger partial charge in [0.15, 0.2) is 0 Å². The van der Waals surface area contributed by atoms with Crippen molar-refractivity contribution in [2.45, 2.75) is 37.4 Å². The van der Waals surface area contributed by atoms with Crippen molar-refractivity contribution in [3.8, 4) is 17.2 Å². The Morgan fingerprint density at radius 3 is 2.70 bits per heavy atom. The first kappa shape index (κ1) is 26.4. The van der Waals surface area contributed by atoms with E-state index in [0.717, 1.165) is 50.1 Å². The number of β-amino-alcohol motifs (C(OH)–C–C–N with tert-alkyl or cyclic N) is 1. The van der Waals surface area contributed by atoms with Crippen LogP contribution in [0, 0.1) is 5.92 Å². The average molecular weight is 551 g/mol. The van der Waals surface area contributed by atoms with E-state index in [0.29, 0.717) is 24.7 Å². The molecule has 1 spiro atoms. The van der Waals surface area contributed by atoms with Gasteiger partial charge in [-0.3, -0.25) is 4.79 Å². The summed E-state index contributed by atoms with van der Waals surface area (Å²) in [5.41, 5.74) is 1.16. The Hall–Kier alpha value is -2.23. The molecule has 0 aromatic heterocycles. The van der Waals surface area contributed by atoms with Crippen LogP contribution in [0.2, 0.25) is 10.0 Å². The summed E-state index contributed by atoms with van der Waals surface area (Å²) in [7, 11) is 0. The number of phenols is 1. The first-order chi connectivity index (χ1) is 17.7. The van der Waals surface area contributed by atoms with Gasteiger partial charge in [0.05, 0.1) is 10.6 Å². The summed E-state index contributed by atoms with van der Waals surface area (Å²) >= 11 is 12.2. The van der Waals surface area contributed by atoms with Crippen LogP contribution in [0.5, 0.6) is 17.2 Å². The van der Waals surface area contributed by atoms with Gasteiger partial charge in [0.2, 0.25) is 0 Å². The van der Waals surface area contributed by atoms with E-state index < -0.39 is 6.10 Å². The number of aliphatic hydroxyl groups excluding tert-OH is 2. The molecule has 2 aromatic carbocycles.